The van der Waals surface area contributed by atoms with Gasteiger partial charge in [0.2, 0.25) is 0 Å². The molecular weight excluding hydrogens is 220 g/mol. The highest BCUT2D eigenvalue weighted by atomic mass is 32.2. The largest absolute Gasteiger partial charge is 0.481 e. The van der Waals surface area contributed by atoms with Gasteiger partial charge >= 0.3 is 5.97 Å². The topological polar surface area (TPSA) is 95.5 Å². The number of carbonyl (C=O) groups is 1. The Labute approximate surface area is 90.2 Å². The molecule has 0 bridgehead atoms. The van der Waals surface area contributed by atoms with Gasteiger partial charge in [-0.2, -0.15) is 17.9 Å². The van der Waals surface area contributed by atoms with Gasteiger partial charge in [-0.05, 0) is 27.7 Å². The van der Waals surface area contributed by atoms with E-state index in [0.29, 0.717) is 0 Å². The number of carboxylic acid groups (broad SMARTS) is 1. The van der Waals surface area contributed by atoms with Crippen LogP contribution in [0.1, 0.15) is 34.1 Å². The Kier molecular flexibility index (Phi) is 4.69. The van der Waals surface area contributed by atoms with Crippen LogP contribution in [0, 0.1) is 0 Å². The van der Waals surface area contributed by atoms with Crippen LogP contribution in [0.25, 0.3) is 0 Å². The number of hydrogen-bond donors (Lipinski definition) is 3. The van der Waals surface area contributed by atoms with Crippen molar-refractivity contribution in [1.29, 1.82) is 0 Å². The lowest BCUT2D eigenvalue weighted by Crippen LogP contribution is -2.49. The van der Waals surface area contributed by atoms with E-state index in [1.807, 2.05) is 0 Å². The summed E-state index contributed by atoms with van der Waals surface area (Å²) in [5.74, 6) is -1.04. The number of aliphatic carboxylic acids is 1. The highest BCUT2D eigenvalue weighted by molar-refractivity contribution is 7.87. The molecule has 0 aromatic rings. The van der Waals surface area contributed by atoms with Gasteiger partial charge in [-0.1, -0.05) is 0 Å². The van der Waals surface area contributed by atoms with E-state index in [9.17, 15) is 13.2 Å². The predicted molar refractivity (Wildman–Crippen MR) is 56.7 cm³/mol. The van der Waals surface area contributed by atoms with Crippen molar-refractivity contribution >= 4 is 16.2 Å². The maximum atomic E-state index is 11.4. The average molecular weight is 238 g/mol. The molecular formula is C8H18N2O4S. The van der Waals surface area contributed by atoms with Gasteiger partial charge in [0.1, 0.15) is 0 Å². The third-order valence-corrected chi connectivity index (χ3v) is 2.87. The molecule has 0 heterocycles. The quantitative estimate of drug-likeness (QED) is 0.631. The summed E-state index contributed by atoms with van der Waals surface area (Å²) in [7, 11) is -3.65. The molecule has 0 rings (SSSR count). The van der Waals surface area contributed by atoms with Gasteiger partial charge in [-0.25, -0.2) is 0 Å². The van der Waals surface area contributed by atoms with Crippen LogP contribution in [0.2, 0.25) is 0 Å². The van der Waals surface area contributed by atoms with Crippen molar-refractivity contribution in [2.24, 2.45) is 0 Å². The Balaban J connectivity index is 4.33. The summed E-state index contributed by atoms with van der Waals surface area (Å²) in [5, 5.41) is 8.46. The van der Waals surface area contributed by atoms with Crippen molar-refractivity contribution in [3.05, 3.63) is 0 Å². The molecule has 7 heteroatoms. The lowest BCUT2D eigenvalue weighted by Gasteiger charge is -2.22. The van der Waals surface area contributed by atoms with E-state index >= 15 is 0 Å². The van der Waals surface area contributed by atoms with E-state index in [1.165, 1.54) is 6.92 Å². The van der Waals surface area contributed by atoms with Crippen LogP contribution < -0.4 is 9.44 Å². The first-order chi connectivity index (χ1) is 6.52. The van der Waals surface area contributed by atoms with E-state index in [4.69, 9.17) is 5.11 Å². The standard InChI is InChI=1S/C8H18N2O4S/c1-6(5-7(11)12)9-15(13,14)10-8(2,3)4/h6,9-10H,5H2,1-4H3,(H,11,12). The third kappa shape index (κ3) is 8.34. The Morgan fingerprint density at radius 3 is 2.20 bits per heavy atom. The molecule has 6 nitrogen and oxygen atoms in total. The van der Waals surface area contributed by atoms with Gasteiger partial charge in [-0.3, -0.25) is 4.79 Å². The Hall–Kier alpha value is -0.660. The van der Waals surface area contributed by atoms with Gasteiger partial charge in [-0.15, -0.1) is 0 Å². The highest BCUT2D eigenvalue weighted by Crippen LogP contribution is 2.02. The Morgan fingerprint density at radius 1 is 1.40 bits per heavy atom. The zero-order valence-electron chi connectivity index (χ0n) is 9.36. The molecule has 0 aliphatic carbocycles. The van der Waals surface area contributed by atoms with E-state index < -0.39 is 27.8 Å². The molecule has 90 valence electrons. The zero-order chi connectivity index (χ0) is 12.3. The lowest BCUT2D eigenvalue weighted by atomic mass is 10.1. The number of nitrogens with one attached hydrogen (secondary N) is 2. The summed E-state index contributed by atoms with van der Waals surface area (Å²) in [6.45, 7) is 6.60. The van der Waals surface area contributed by atoms with Gasteiger partial charge in [0, 0.05) is 11.6 Å². The van der Waals surface area contributed by atoms with E-state index in [-0.39, 0.29) is 6.42 Å². The molecule has 0 spiro atoms. The van der Waals surface area contributed by atoms with Crippen LogP contribution in [0.15, 0.2) is 0 Å². The van der Waals surface area contributed by atoms with Crippen molar-refractivity contribution in [3.8, 4) is 0 Å². The first-order valence-corrected chi connectivity index (χ1v) is 6.03. The normalized spacial score (nSPS) is 14.9. The molecule has 3 N–H and O–H groups in total. The molecule has 0 aliphatic heterocycles. The van der Waals surface area contributed by atoms with Crippen molar-refractivity contribution in [1.82, 2.24) is 9.44 Å². The monoisotopic (exact) mass is 238 g/mol. The van der Waals surface area contributed by atoms with Crippen LogP contribution in [0.4, 0.5) is 0 Å². The van der Waals surface area contributed by atoms with Crippen molar-refractivity contribution in [2.45, 2.75) is 45.7 Å². The van der Waals surface area contributed by atoms with Gasteiger partial charge in [0.25, 0.3) is 10.2 Å². The molecule has 0 aliphatic rings. The fraction of sp³-hybridized carbons (Fsp3) is 0.875. The number of carboxylic acids is 1. The molecule has 0 aromatic heterocycles. The Bertz CT molecular complexity index is 318. The maximum Gasteiger partial charge on any atom is 0.304 e. The molecule has 1 unspecified atom stereocenters. The molecule has 0 saturated carbocycles. The fourth-order valence-electron chi connectivity index (χ4n) is 1.00. The van der Waals surface area contributed by atoms with Crippen LogP contribution in [0.5, 0.6) is 0 Å². The summed E-state index contributed by atoms with van der Waals surface area (Å²) < 4.78 is 27.4. The van der Waals surface area contributed by atoms with E-state index in [1.54, 1.807) is 20.8 Å². The molecule has 0 amide bonds. The van der Waals surface area contributed by atoms with E-state index in [0.717, 1.165) is 0 Å². The molecule has 0 fully saturated rings. The minimum atomic E-state index is -3.65. The predicted octanol–water partition coefficient (Wildman–Crippen LogP) is 0.0721. The van der Waals surface area contributed by atoms with Gasteiger partial charge in [0.15, 0.2) is 0 Å². The second-order valence-electron chi connectivity index (χ2n) is 4.47. The summed E-state index contributed by atoms with van der Waals surface area (Å²) in [5.41, 5.74) is -0.589. The second-order valence-corrected chi connectivity index (χ2v) is 5.92. The Morgan fingerprint density at radius 2 is 1.87 bits per heavy atom. The first kappa shape index (κ1) is 14.3. The van der Waals surface area contributed by atoms with Gasteiger partial charge in [0.05, 0.1) is 6.42 Å². The lowest BCUT2D eigenvalue weighted by molar-refractivity contribution is -0.137. The average Bonchev–Trinajstić information content (AvgIpc) is 1.73. The smallest absolute Gasteiger partial charge is 0.304 e. The van der Waals surface area contributed by atoms with Gasteiger partial charge < -0.3 is 5.11 Å². The summed E-state index contributed by atoms with van der Waals surface area (Å²) in [6, 6.07) is -0.637. The molecule has 0 aromatic carbocycles. The minimum absolute atomic E-state index is 0.245. The molecule has 15 heavy (non-hydrogen) atoms. The fourth-order valence-corrected chi connectivity index (χ4v) is 2.48. The zero-order valence-corrected chi connectivity index (χ0v) is 10.2. The summed E-state index contributed by atoms with van der Waals surface area (Å²) in [6.07, 6.45) is -0.245. The van der Waals surface area contributed by atoms with Crippen molar-refractivity contribution in [3.63, 3.8) is 0 Å². The van der Waals surface area contributed by atoms with Crippen molar-refractivity contribution in [2.75, 3.05) is 0 Å². The SMILES string of the molecule is CC(CC(=O)O)NS(=O)(=O)NC(C)(C)C. The second kappa shape index (κ2) is 4.91. The maximum absolute atomic E-state index is 11.4. The van der Waals surface area contributed by atoms with Crippen molar-refractivity contribution < 1.29 is 18.3 Å². The third-order valence-electron chi connectivity index (χ3n) is 1.28. The van der Waals surface area contributed by atoms with Crippen LogP contribution in [-0.2, 0) is 15.0 Å². The molecule has 0 saturated heterocycles. The van der Waals surface area contributed by atoms with E-state index in [2.05, 4.69) is 9.44 Å². The number of rotatable bonds is 5. The molecule has 1 atom stereocenters. The summed E-state index contributed by atoms with van der Waals surface area (Å²) >= 11 is 0. The van der Waals surface area contributed by atoms with Crippen LogP contribution in [-0.4, -0.2) is 31.1 Å². The first-order valence-electron chi connectivity index (χ1n) is 4.55. The van der Waals surface area contributed by atoms with Crippen LogP contribution >= 0.6 is 0 Å². The van der Waals surface area contributed by atoms with Crippen LogP contribution in [0.3, 0.4) is 0 Å². The minimum Gasteiger partial charge on any atom is -0.481 e. The highest BCUT2D eigenvalue weighted by Gasteiger charge is 2.22. The summed E-state index contributed by atoms with van der Waals surface area (Å²) in [4.78, 5) is 10.3. The molecule has 0 radical (unpaired) electrons. The number of hydrogen-bond acceptors (Lipinski definition) is 3.